The smallest absolute Gasteiger partial charge is 0.427 e. The molecule has 2 aliphatic heterocycles. The van der Waals surface area contributed by atoms with Gasteiger partial charge in [-0.2, -0.15) is 13.2 Å². The molecule has 4 amide bonds. The number of fused-ring (bicyclic) bond motifs is 3. The Morgan fingerprint density at radius 1 is 1.10 bits per heavy atom. The van der Waals surface area contributed by atoms with Crippen LogP contribution in [0, 0.1) is 17.8 Å². The van der Waals surface area contributed by atoms with Crippen LogP contribution in [0.3, 0.4) is 0 Å². The molecule has 4 N–H and O–H groups in total. The van der Waals surface area contributed by atoms with Crippen LogP contribution in [-0.2, 0) is 29.1 Å². The van der Waals surface area contributed by atoms with E-state index in [-0.39, 0.29) is 47.8 Å². The maximum absolute atomic E-state index is 14.1. The van der Waals surface area contributed by atoms with Gasteiger partial charge in [-0.15, -0.1) is 0 Å². The minimum Gasteiger partial charge on any atom is -0.492 e. The second kappa shape index (κ2) is 16.9. The van der Waals surface area contributed by atoms with Crippen molar-refractivity contribution in [2.24, 2.45) is 23.5 Å². The number of hydrogen-bond donors (Lipinski definition) is 3. The van der Waals surface area contributed by atoms with Crippen molar-refractivity contribution >= 4 is 44.6 Å². The zero-order chi connectivity index (χ0) is 42.8. The third-order valence-corrected chi connectivity index (χ3v) is 13.5. The Morgan fingerprint density at radius 3 is 2.38 bits per heavy atom. The van der Waals surface area contributed by atoms with Crippen LogP contribution >= 0.6 is 0 Å². The van der Waals surface area contributed by atoms with Crippen molar-refractivity contribution in [3.8, 4) is 11.6 Å². The lowest BCUT2D eigenvalue weighted by Crippen LogP contribution is -2.57. The van der Waals surface area contributed by atoms with Crippen LogP contribution in [0.2, 0.25) is 0 Å². The summed E-state index contributed by atoms with van der Waals surface area (Å²) in [7, 11) is -3.91. The SMILES string of the molecule is CC(C)(OC(N)=O)C(F)(F)F.CCOc1cnc(O[C@@H]2C[C@H]3C(=O)N[C@]4(C(=O)NS(=O)(=O)C5(C)CC5)C[C@H]4/C=C\CC[C@@H](C)C[C@@H](C)CC(=O)N3C2)c2ccccc12.[HH].[HH].[HH]. The van der Waals surface area contributed by atoms with Crippen molar-refractivity contribution < 1.29 is 59.3 Å². The number of aromatic nitrogens is 1. The highest BCUT2D eigenvalue weighted by atomic mass is 32.2. The van der Waals surface area contributed by atoms with Gasteiger partial charge in [-0.25, -0.2) is 18.2 Å². The topological polar surface area (TPSA) is 196 Å². The molecule has 2 aliphatic carbocycles. The normalized spacial score (nSPS) is 27.9. The molecular formula is C40H60F3N5O9S. The lowest BCUT2D eigenvalue weighted by Gasteiger charge is -2.28. The first-order valence-corrected chi connectivity index (χ1v) is 21.1. The number of amides is 4. The van der Waals surface area contributed by atoms with Crippen LogP contribution in [0.4, 0.5) is 18.0 Å². The summed E-state index contributed by atoms with van der Waals surface area (Å²) in [6.45, 7) is 9.86. The predicted octanol–water partition coefficient (Wildman–Crippen LogP) is 6.42. The Hall–Kier alpha value is -4.61. The number of halogens is 3. The number of nitrogens with one attached hydrogen (secondary N) is 2. The number of nitrogens with zero attached hydrogens (tertiary/aromatic N) is 2. The van der Waals surface area contributed by atoms with Gasteiger partial charge in [0, 0.05) is 33.8 Å². The van der Waals surface area contributed by atoms with Gasteiger partial charge in [0.25, 0.3) is 5.91 Å². The number of nitrogens with two attached hydrogens (primary N) is 1. The zero-order valence-corrected chi connectivity index (χ0v) is 34.5. The number of ether oxygens (including phenoxy) is 3. The van der Waals surface area contributed by atoms with Crippen molar-refractivity contribution in [1.82, 2.24) is 19.9 Å². The number of carbonyl (C=O) groups is 4. The van der Waals surface area contributed by atoms with Crippen LogP contribution < -0.4 is 25.2 Å². The summed E-state index contributed by atoms with van der Waals surface area (Å²) < 4.78 is 78.9. The zero-order valence-electron chi connectivity index (χ0n) is 33.7. The number of allylic oxidation sites excluding steroid dienone is 1. The molecule has 0 spiro atoms. The molecule has 0 bridgehead atoms. The van der Waals surface area contributed by atoms with Crippen LogP contribution in [0.1, 0.15) is 97.2 Å². The second-order valence-corrected chi connectivity index (χ2v) is 18.9. The van der Waals surface area contributed by atoms with E-state index in [1.54, 1.807) is 18.0 Å². The number of rotatable bonds is 8. The molecule has 0 radical (unpaired) electrons. The van der Waals surface area contributed by atoms with Gasteiger partial charge < -0.3 is 30.2 Å². The Morgan fingerprint density at radius 2 is 1.78 bits per heavy atom. The van der Waals surface area contributed by atoms with Crippen molar-refractivity contribution in [2.75, 3.05) is 13.2 Å². The molecule has 58 heavy (non-hydrogen) atoms. The van der Waals surface area contributed by atoms with E-state index in [0.717, 1.165) is 43.9 Å². The third kappa shape index (κ3) is 9.97. The molecule has 4 aliphatic rings. The summed E-state index contributed by atoms with van der Waals surface area (Å²) in [5.41, 5.74) is 0.488. The van der Waals surface area contributed by atoms with E-state index < -0.39 is 62.1 Å². The molecule has 18 heteroatoms. The van der Waals surface area contributed by atoms with E-state index in [1.807, 2.05) is 43.3 Å². The first kappa shape index (κ1) is 44.5. The molecule has 2 saturated carbocycles. The van der Waals surface area contributed by atoms with E-state index in [0.29, 0.717) is 37.0 Å². The molecular weight excluding hydrogens is 784 g/mol. The highest BCUT2D eigenvalue weighted by Gasteiger charge is 2.63. The van der Waals surface area contributed by atoms with Crippen LogP contribution in [-0.4, -0.2) is 89.5 Å². The summed E-state index contributed by atoms with van der Waals surface area (Å²) in [6, 6.07) is 6.73. The fourth-order valence-electron chi connectivity index (χ4n) is 7.39. The minimum absolute atomic E-state index is 0. The maximum Gasteiger partial charge on any atom is 0.427 e. The summed E-state index contributed by atoms with van der Waals surface area (Å²) in [5, 5.41) is 4.54. The molecule has 1 aromatic carbocycles. The van der Waals surface area contributed by atoms with Gasteiger partial charge in [0.1, 0.15) is 23.4 Å². The van der Waals surface area contributed by atoms with Crippen LogP contribution in [0.15, 0.2) is 42.6 Å². The van der Waals surface area contributed by atoms with E-state index in [1.165, 1.54) is 0 Å². The van der Waals surface area contributed by atoms with Crippen molar-refractivity contribution in [1.29, 1.82) is 0 Å². The van der Waals surface area contributed by atoms with E-state index in [4.69, 9.17) is 9.47 Å². The van der Waals surface area contributed by atoms with Crippen LogP contribution in [0.5, 0.6) is 11.6 Å². The van der Waals surface area contributed by atoms with Gasteiger partial charge in [-0.05, 0) is 84.1 Å². The second-order valence-electron chi connectivity index (χ2n) is 16.7. The van der Waals surface area contributed by atoms with Gasteiger partial charge >= 0.3 is 12.3 Å². The molecule has 2 aromatic rings. The third-order valence-electron chi connectivity index (χ3n) is 11.3. The quantitative estimate of drug-likeness (QED) is 0.250. The largest absolute Gasteiger partial charge is 0.492 e. The number of hydrogen-bond acceptors (Lipinski definition) is 10. The average Bonchev–Trinajstić information content (AvgIpc) is 4.00. The number of pyridine rings is 1. The highest BCUT2D eigenvalue weighted by Crippen LogP contribution is 2.48. The molecule has 3 fully saturated rings. The van der Waals surface area contributed by atoms with Crippen molar-refractivity contribution in [2.45, 2.75) is 127 Å². The molecule has 14 nitrogen and oxygen atoms in total. The van der Waals surface area contributed by atoms with Gasteiger partial charge in [0.05, 0.1) is 24.1 Å². The number of sulfonamides is 1. The molecule has 1 saturated heterocycles. The first-order valence-electron chi connectivity index (χ1n) is 19.6. The van der Waals surface area contributed by atoms with Crippen LogP contribution in [0.25, 0.3) is 10.8 Å². The lowest BCUT2D eigenvalue weighted by molar-refractivity contribution is -0.243. The highest BCUT2D eigenvalue weighted by molar-refractivity contribution is 7.91. The van der Waals surface area contributed by atoms with Gasteiger partial charge in [-0.3, -0.25) is 19.1 Å². The number of alkyl halides is 3. The van der Waals surface area contributed by atoms with Gasteiger partial charge in [0.2, 0.25) is 33.3 Å². The molecule has 326 valence electrons. The molecule has 1 aromatic heterocycles. The standard InChI is InChI=1S/C35H46N4O7S.C5H8F3NO2.3H2/c1-5-45-29-20-36-32(27-13-9-8-12-26(27)29)46-25-18-28-31(41)37-35(33(42)38-47(43,44)34(4)14-15-34)19-24(35)11-7-6-10-22(2)16-23(3)17-30(40)39(28)21-25;1-4(2,5(6,7)8)11-3(9)10;;;/h7-9,11-13,20,22-25,28H,5-6,10,14-19,21H2,1-4H3,(H,37,41)(H,38,42);1-2H3,(H2,9,10);3*1H/b11-7-;;;;/t22-,23-,24-,25-,28+,35-;;;;/m1..../s1. The molecule has 0 unspecified atom stereocenters. The average molecular weight is 844 g/mol. The summed E-state index contributed by atoms with van der Waals surface area (Å²) in [5.74, 6) is -0.205. The van der Waals surface area contributed by atoms with E-state index in [2.05, 4.69) is 39.3 Å². The van der Waals surface area contributed by atoms with Crippen molar-refractivity contribution in [3.63, 3.8) is 0 Å². The summed E-state index contributed by atoms with van der Waals surface area (Å²) in [6.07, 6.45) is 3.31. The lowest BCUT2D eigenvalue weighted by atomic mass is 9.91. The molecule has 6 rings (SSSR count). The molecule has 6 atom stereocenters. The number of carbonyl (C=O) groups excluding carboxylic acids is 4. The van der Waals surface area contributed by atoms with E-state index in [9.17, 15) is 40.8 Å². The minimum atomic E-state index is -4.60. The molecule has 3 heterocycles. The summed E-state index contributed by atoms with van der Waals surface area (Å²) in [4.78, 5) is 57.7. The van der Waals surface area contributed by atoms with Gasteiger partial charge in [-0.1, -0.05) is 44.2 Å². The van der Waals surface area contributed by atoms with E-state index >= 15 is 0 Å². The monoisotopic (exact) mass is 843 g/mol. The Kier molecular flexibility index (Phi) is 13.0. The Balaban J connectivity index is 0.000000809. The van der Waals surface area contributed by atoms with Gasteiger partial charge in [0.15, 0.2) is 0 Å². The Labute approximate surface area is 341 Å². The van der Waals surface area contributed by atoms with Crippen molar-refractivity contribution in [3.05, 3.63) is 42.6 Å². The fourth-order valence-corrected chi connectivity index (χ4v) is 8.70. The maximum atomic E-state index is 14.1. The Bertz CT molecular complexity index is 2040. The number of benzene rings is 1. The summed E-state index contributed by atoms with van der Waals surface area (Å²) >= 11 is 0. The fraction of sp³-hybridized carbons (Fsp3) is 0.625. The number of primary amides is 1. The first-order chi connectivity index (χ1) is 27.0. The predicted molar refractivity (Wildman–Crippen MR) is 214 cm³/mol.